The van der Waals surface area contributed by atoms with Gasteiger partial charge >= 0.3 is 12.2 Å². The maximum Gasteiger partial charge on any atom is 0.405 e. The van der Waals surface area contributed by atoms with Gasteiger partial charge in [0.25, 0.3) is 11.8 Å². The summed E-state index contributed by atoms with van der Waals surface area (Å²) in [6.45, 7) is 4.59. The number of aromatic nitrogens is 8. The summed E-state index contributed by atoms with van der Waals surface area (Å²) in [5.74, 6) is 0.439. The number of hydrogen-bond acceptors (Lipinski definition) is 10. The average Bonchev–Trinajstić information content (AvgIpc) is 4.10. The van der Waals surface area contributed by atoms with E-state index < -0.39 is 24.3 Å². The minimum absolute atomic E-state index is 0.350. The van der Waals surface area contributed by atoms with Gasteiger partial charge < -0.3 is 40.6 Å². The van der Waals surface area contributed by atoms with Crippen LogP contribution in [0.4, 0.5) is 9.59 Å². The summed E-state index contributed by atoms with van der Waals surface area (Å²) in [4.78, 5) is 89.0. The van der Waals surface area contributed by atoms with Gasteiger partial charge in [0, 0.05) is 13.1 Å². The SMILES string of the molecule is Cc1nc(-c2cnc([C@@H]3CCCN3C(=O)[C@H](NC(=O)O)c3ccccc3)[nH]2)c(C)nc1-c1cnc(-c2cnc(C3CCCN3C(=O)C(NC(=O)O)c3ccccc3)[nH]2)cn1. The van der Waals surface area contributed by atoms with Crippen LogP contribution in [0.1, 0.15) is 84.0 Å². The van der Waals surface area contributed by atoms with Crippen LogP contribution < -0.4 is 10.6 Å². The third-order valence-electron chi connectivity index (χ3n) is 10.9. The summed E-state index contributed by atoms with van der Waals surface area (Å²) in [6, 6.07) is 14.7. The van der Waals surface area contributed by atoms with E-state index in [0.29, 0.717) is 94.3 Å². The van der Waals surface area contributed by atoms with Gasteiger partial charge in [0.15, 0.2) is 0 Å². The fraction of sp³-hybridized carbons (Fsp3) is 0.286. The number of nitrogens with one attached hydrogen (secondary N) is 4. The predicted molar refractivity (Wildman–Crippen MR) is 216 cm³/mol. The minimum Gasteiger partial charge on any atom is -0.465 e. The third kappa shape index (κ3) is 7.98. The van der Waals surface area contributed by atoms with Gasteiger partial charge in [-0.15, -0.1) is 0 Å². The Bertz CT molecular complexity index is 2530. The lowest BCUT2D eigenvalue weighted by atomic mass is 10.1. The number of carbonyl (C=O) groups is 4. The number of nitrogens with zero attached hydrogens (tertiary/aromatic N) is 8. The van der Waals surface area contributed by atoms with Gasteiger partial charge in [0.05, 0.1) is 59.6 Å². The highest BCUT2D eigenvalue weighted by Gasteiger charge is 2.38. The molecule has 6 heterocycles. The Labute approximate surface area is 343 Å². The van der Waals surface area contributed by atoms with Gasteiger partial charge in [0.1, 0.15) is 46.5 Å². The molecule has 2 aliphatic rings. The van der Waals surface area contributed by atoms with Crippen molar-refractivity contribution in [1.29, 1.82) is 0 Å². The first-order chi connectivity index (χ1) is 29.0. The van der Waals surface area contributed by atoms with Crippen molar-refractivity contribution in [3.63, 3.8) is 0 Å². The summed E-state index contributed by atoms with van der Waals surface area (Å²) < 4.78 is 0. The predicted octanol–water partition coefficient (Wildman–Crippen LogP) is 5.68. The van der Waals surface area contributed by atoms with Crippen LogP contribution in [0.3, 0.4) is 0 Å². The van der Waals surface area contributed by atoms with Crippen molar-refractivity contribution in [2.75, 3.05) is 13.1 Å². The molecule has 4 amide bonds. The Morgan fingerprint density at radius 3 is 1.57 bits per heavy atom. The van der Waals surface area contributed by atoms with Crippen LogP contribution in [0.2, 0.25) is 0 Å². The Kier molecular flexibility index (Phi) is 11.0. The number of amides is 4. The van der Waals surface area contributed by atoms with Gasteiger partial charge in [-0.05, 0) is 50.7 Å². The van der Waals surface area contributed by atoms with Crippen molar-refractivity contribution in [1.82, 2.24) is 60.3 Å². The van der Waals surface area contributed by atoms with Crippen molar-refractivity contribution in [2.24, 2.45) is 0 Å². The molecular formula is C42H42N12O6. The number of imidazole rings is 2. The van der Waals surface area contributed by atoms with Gasteiger partial charge in [-0.25, -0.2) is 29.5 Å². The van der Waals surface area contributed by atoms with E-state index in [1.54, 1.807) is 89.2 Å². The number of hydrogen-bond donors (Lipinski definition) is 6. The van der Waals surface area contributed by atoms with E-state index in [9.17, 15) is 29.4 Å². The van der Waals surface area contributed by atoms with Crippen LogP contribution in [0, 0.1) is 13.8 Å². The number of carbonyl (C=O) groups excluding carboxylic acids is 2. The molecule has 4 atom stereocenters. The molecule has 306 valence electrons. The fourth-order valence-electron chi connectivity index (χ4n) is 8.03. The van der Waals surface area contributed by atoms with Crippen molar-refractivity contribution in [3.8, 4) is 34.2 Å². The number of aryl methyl sites for hydroxylation is 2. The largest absolute Gasteiger partial charge is 0.465 e. The first-order valence-corrected chi connectivity index (χ1v) is 19.5. The molecule has 0 spiro atoms. The number of H-pyrrole nitrogens is 2. The van der Waals surface area contributed by atoms with E-state index in [2.05, 4.69) is 40.5 Å². The number of likely N-dealkylation sites (tertiary alicyclic amines) is 2. The molecule has 0 saturated carbocycles. The molecule has 18 heteroatoms. The quantitative estimate of drug-likeness (QED) is 0.0926. The first-order valence-electron chi connectivity index (χ1n) is 19.5. The van der Waals surface area contributed by atoms with Crippen LogP contribution in [-0.2, 0) is 9.59 Å². The molecule has 60 heavy (non-hydrogen) atoms. The monoisotopic (exact) mass is 810 g/mol. The van der Waals surface area contributed by atoms with Crippen LogP contribution in [-0.4, -0.2) is 97.0 Å². The van der Waals surface area contributed by atoms with Crippen LogP contribution in [0.5, 0.6) is 0 Å². The van der Waals surface area contributed by atoms with Crippen molar-refractivity contribution in [2.45, 2.75) is 63.7 Å². The Hall–Kier alpha value is -7.50. The van der Waals surface area contributed by atoms with Crippen LogP contribution in [0.25, 0.3) is 34.2 Å². The fourth-order valence-corrected chi connectivity index (χ4v) is 8.03. The topological polar surface area (TPSA) is 248 Å². The Balaban J connectivity index is 0.967. The smallest absolute Gasteiger partial charge is 0.405 e. The second-order valence-corrected chi connectivity index (χ2v) is 14.7. The van der Waals surface area contributed by atoms with E-state index in [1.165, 1.54) is 0 Å². The maximum atomic E-state index is 13.8. The van der Waals surface area contributed by atoms with E-state index in [-0.39, 0.29) is 23.9 Å². The Morgan fingerprint density at radius 1 is 0.617 bits per heavy atom. The second kappa shape index (κ2) is 16.8. The van der Waals surface area contributed by atoms with Gasteiger partial charge in [0.2, 0.25) is 0 Å². The first kappa shape index (κ1) is 39.3. The number of aromatic amines is 2. The van der Waals surface area contributed by atoms with Crippen LogP contribution in [0.15, 0.2) is 85.5 Å². The van der Waals surface area contributed by atoms with Gasteiger partial charge in [-0.2, -0.15) is 0 Å². The summed E-state index contributed by atoms with van der Waals surface area (Å²) in [7, 11) is 0. The normalized spacial score (nSPS) is 17.3. The number of rotatable bonds is 11. The zero-order valence-electron chi connectivity index (χ0n) is 32.7. The number of carboxylic acid groups (broad SMARTS) is 2. The molecule has 6 aromatic rings. The lowest BCUT2D eigenvalue weighted by molar-refractivity contribution is -0.135. The second-order valence-electron chi connectivity index (χ2n) is 14.7. The van der Waals surface area contributed by atoms with E-state index in [1.807, 2.05) is 19.9 Å². The highest BCUT2D eigenvalue weighted by Crippen LogP contribution is 2.36. The van der Waals surface area contributed by atoms with Crippen molar-refractivity contribution >= 4 is 24.0 Å². The van der Waals surface area contributed by atoms with Crippen molar-refractivity contribution < 1.29 is 29.4 Å². The zero-order valence-corrected chi connectivity index (χ0v) is 32.7. The minimum atomic E-state index is -1.29. The van der Waals surface area contributed by atoms with Crippen molar-refractivity contribution in [3.05, 3.63) is 120 Å². The Morgan fingerprint density at radius 2 is 1.07 bits per heavy atom. The lowest BCUT2D eigenvalue weighted by Gasteiger charge is -2.28. The average molecular weight is 811 g/mol. The van der Waals surface area contributed by atoms with Crippen LogP contribution >= 0.6 is 0 Å². The molecule has 2 saturated heterocycles. The summed E-state index contributed by atoms with van der Waals surface area (Å²) in [5, 5.41) is 23.8. The molecule has 0 aliphatic carbocycles. The van der Waals surface area contributed by atoms with E-state index in [4.69, 9.17) is 9.97 Å². The van der Waals surface area contributed by atoms with Gasteiger partial charge in [-0.1, -0.05) is 60.7 Å². The molecule has 18 nitrogen and oxygen atoms in total. The molecule has 0 radical (unpaired) electrons. The van der Waals surface area contributed by atoms with E-state index >= 15 is 0 Å². The molecule has 2 unspecified atom stereocenters. The standard InChI is InChI=1S/C42H42N12O6/c1-23-33(47-24(2)34(48-23)30-22-46-38(50-30)32-16-10-18-54(32)40(56)36(52-42(59)60)26-13-7-4-8-14-26)29-21-43-27(19-44-29)28-20-45-37(49-28)31-15-9-17-53(31)39(55)35(51-41(57)58)25-11-5-3-6-12-25/h3-8,11-14,19-22,31-32,35-36,51-52H,9-10,15-18H2,1-2H3,(H,45,49)(H,46,50)(H,57,58)(H,59,60)/t31?,32-,35?,36+/m0/s1. The molecule has 2 fully saturated rings. The van der Waals surface area contributed by atoms with E-state index in [0.717, 1.165) is 12.8 Å². The third-order valence-corrected chi connectivity index (χ3v) is 10.9. The maximum absolute atomic E-state index is 13.8. The molecule has 4 aromatic heterocycles. The van der Waals surface area contributed by atoms with Gasteiger partial charge in [-0.3, -0.25) is 19.6 Å². The molecule has 0 bridgehead atoms. The molecule has 8 rings (SSSR count). The summed E-state index contributed by atoms with van der Waals surface area (Å²) in [5.41, 5.74) is 5.74. The molecule has 2 aromatic carbocycles. The molecular weight excluding hydrogens is 769 g/mol. The zero-order chi connectivity index (χ0) is 41.9. The molecule has 2 aliphatic heterocycles. The highest BCUT2D eigenvalue weighted by atomic mass is 16.4. The summed E-state index contributed by atoms with van der Waals surface area (Å²) >= 11 is 0. The molecule has 6 N–H and O–H groups in total. The highest BCUT2D eigenvalue weighted by molar-refractivity contribution is 5.88. The summed E-state index contributed by atoms with van der Waals surface area (Å²) in [6.07, 6.45) is 6.74. The number of benzene rings is 2. The lowest BCUT2D eigenvalue weighted by Crippen LogP contribution is -2.42.